The Morgan fingerprint density at radius 2 is 1.67 bits per heavy atom. The third kappa shape index (κ3) is 6.13. The van der Waals surface area contributed by atoms with Crippen LogP contribution in [-0.4, -0.2) is 24.2 Å². The van der Waals surface area contributed by atoms with E-state index in [9.17, 15) is 0 Å². The van der Waals surface area contributed by atoms with Gasteiger partial charge in [0.15, 0.2) is 0 Å². The molecule has 5 N–H and O–H groups in total. The van der Waals surface area contributed by atoms with Gasteiger partial charge in [0.1, 0.15) is 0 Å². The van der Waals surface area contributed by atoms with Crippen molar-refractivity contribution >= 4 is 0 Å². The highest BCUT2D eigenvalue weighted by Gasteiger charge is 2.22. The molecule has 0 bridgehead atoms. The predicted molar refractivity (Wildman–Crippen MR) is 67.9 cm³/mol. The van der Waals surface area contributed by atoms with Crippen LogP contribution in [0, 0.1) is 0 Å². The molecule has 0 aromatic rings. The molecule has 0 aromatic carbocycles. The molecule has 0 aliphatic rings. The fraction of sp³-hybridized carbons (Fsp3) is 1.00. The van der Waals surface area contributed by atoms with Crippen LogP contribution in [0.3, 0.4) is 0 Å². The lowest BCUT2D eigenvalue weighted by Crippen LogP contribution is -2.47. The van der Waals surface area contributed by atoms with E-state index in [0.717, 1.165) is 38.8 Å². The average molecular weight is 215 g/mol. The van der Waals surface area contributed by atoms with Gasteiger partial charge in [-0.05, 0) is 52.6 Å². The summed E-state index contributed by atoms with van der Waals surface area (Å²) in [5, 5.41) is 3.58. The van der Waals surface area contributed by atoms with E-state index in [1.807, 2.05) is 0 Å². The number of nitrogens with two attached hydrogens (primary N) is 2. The van der Waals surface area contributed by atoms with E-state index in [0.29, 0.717) is 0 Å². The van der Waals surface area contributed by atoms with E-state index in [4.69, 9.17) is 11.5 Å². The van der Waals surface area contributed by atoms with E-state index in [1.165, 1.54) is 0 Å². The van der Waals surface area contributed by atoms with Gasteiger partial charge < -0.3 is 16.8 Å². The van der Waals surface area contributed by atoms with Crippen molar-refractivity contribution in [1.82, 2.24) is 5.32 Å². The monoisotopic (exact) mass is 215 g/mol. The molecule has 0 aliphatic heterocycles. The molecule has 2 atom stereocenters. The molecule has 3 nitrogen and oxygen atoms in total. The second-order valence-corrected chi connectivity index (χ2v) is 5.14. The number of nitrogens with one attached hydrogen (secondary N) is 1. The molecule has 0 saturated carbocycles. The summed E-state index contributed by atoms with van der Waals surface area (Å²) < 4.78 is 0. The molecule has 15 heavy (non-hydrogen) atoms. The molecule has 0 aliphatic carbocycles. The molecular formula is C12H29N3. The standard InChI is InChI=1S/C12H29N3/c1-5-11(3,14)8-10-15-12(4,6-2)7-9-13/h15H,5-10,13-14H2,1-4H3. The average Bonchev–Trinajstić information content (AvgIpc) is 2.18. The Balaban J connectivity index is 3.91. The summed E-state index contributed by atoms with van der Waals surface area (Å²) in [7, 11) is 0. The normalized spacial score (nSPS) is 19.6. The van der Waals surface area contributed by atoms with E-state index in [-0.39, 0.29) is 11.1 Å². The molecule has 0 spiro atoms. The summed E-state index contributed by atoms with van der Waals surface area (Å²) in [6, 6.07) is 0. The van der Waals surface area contributed by atoms with Crippen LogP contribution in [0.4, 0.5) is 0 Å². The lowest BCUT2D eigenvalue weighted by Gasteiger charge is -2.31. The van der Waals surface area contributed by atoms with Gasteiger partial charge in [-0.2, -0.15) is 0 Å². The van der Waals surface area contributed by atoms with Gasteiger partial charge in [-0.15, -0.1) is 0 Å². The smallest absolute Gasteiger partial charge is 0.0162 e. The third-order valence-corrected chi connectivity index (χ3v) is 3.53. The fourth-order valence-corrected chi connectivity index (χ4v) is 1.54. The van der Waals surface area contributed by atoms with Crippen molar-refractivity contribution in [3.8, 4) is 0 Å². The molecule has 92 valence electrons. The highest BCUT2D eigenvalue weighted by atomic mass is 15.0. The first-order valence-electron chi connectivity index (χ1n) is 6.13. The molecule has 0 heterocycles. The molecule has 0 radical (unpaired) electrons. The van der Waals surface area contributed by atoms with E-state index < -0.39 is 0 Å². The maximum atomic E-state index is 6.10. The minimum atomic E-state index is -0.0373. The first kappa shape index (κ1) is 14.9. The van der Waals surface area contributed by atoms with Gasteiger partial charge in [0.25, 0.3) is 0 Å². The van der Waals surface area contributed by atoms with Crippen LogP contribution in [-0.2, 0) is 0 Å². The summed E-state index contributed by atoms with van der Waals surface area (Å²) in [6.07, 6.45) is 4.17. The van der Waals surface area contributed by atoms with Gasteiger partial charge in [-0.1, -0.05) is 13.8 Å². The summed E-state index contributed by atoms with van der Waals surface area (Å²) in [6.45, 7) is 10.4. The Bertz CT molecular complexity index is 168. The van der Waals surface area contributed by atoms with Gasteiger partial charge in [0, 0.05) is 11.1 Å². The third-order valence-electron chi connectivity index (χ3n) is 3.53. The molecule has 0 saturated heterocycles. The van der Waals surface area contributed by atoms with Crippen molar-refractivity contribution in [1.29, 1.82) is 0 Å². The van der Waals surface area contributed by atoms with Gasteiger partial charge >= 0.3 is 0 Å². The minimum absolute atomic E-state index is 0.0373. The quantitative estimate of drug-likeness (QED) is 0.576. The lowest BCUT2D eigenvalue weighted by molar-refractivity contribution is 0.300. The zero-order chi connectivity index (χ0) is 11.9. The number of rotatable bonds is 8. The van der Waals surface area contributed by atoms with Gasteiger partial charge in [-0.3, -0.25) is 0 Å². The molecular weight excluding hydrogens is 186 g/mol. The van der Waals surface area contributed by atoms with E-state index >= 15 is 0 Å². The molecule has 0 amide bonds. The topological polar surface area (TPSA) is 64.1 Å². The Kier molecular flexibility index (Phi) is 6.41. The Labute approximate surface area is 95.0 Å². The number of hydrogen-bond acceptors (Lipinski definition) is 3. The van der Waals surface area contributed by atoms with Crippen LogP contribution in [0.2, 0.25) is 0 Å². The fourth-order valence-electron chi connectivity index (χ4n) is 1.54. The maximum Gasteiger partial charge on any atom is 0.0162 e. The first-order valence-corrected chi connectivity index (χ1v) is 6.13. The first-order chi connectivity index (χ1) is 6.89. The highest BCUT2D eigenvalue weighted by molar-refractivity contribution is 4.84. The predicted octanol–water partition coefficient (Wildman–Crippen LogP) is 1.61. The molecule has 0 aromatic heterocycles. The second kappa shape index (κ2) is 6.46. The van der Waals surface area contributed by atoms with Crippen LogP contribution in [0.1, 0.15) is 53.4 Å². The summed E-state index contributed by atoms with van der Waals surface area (Å²) in [5.41, 5.74) is 11.8. The van der Waals surface area contributed by atoms with Crippen LogP contribution in [0.15, 0.2) is 0 Å². The molecule has 0 fully saturated rings. The SMILES string of the molecule is CCC(C)(N)CCNC(C)(CC)CCN. The maximum absolute atomic E-state index is 6.10. The van der Waals surface area contributed by atoms with Crippen LogP contribution < -0.4 is 16.8 Å². The van der Waals surface area contributed by atoms with Gasteiger partial charge in [0.05, 0.1) is 0 Å². The van der Waals surface area contributed by atoms with Gasteiger partial charge in [0.2, 0.25) is 0 Å². The van der Waals surface area contributed by atoms with Crippen molar-refractivity contribution in [2.75, 3.05) is 13.1 Å². The van der Waals surface area contributed by atoms with Crippen molar-refractivity contribution in [3.05, 3.63) is 0 Å². The van der Waals surface area contributed by atoms with E-state index in [1.54, 1.807) is 0 Å². The minimum Gasteiger partial charge on any atom is -0.330 e. The summed E-state index contributed by atoms with van der Waals surface area (Å²) in [5.74, 6) is 0. The van der Waals surface area contributed by atoms with Crippen LogP contribution in [0.25, 0.3) is 0 Å². The zero-order valence-corrected chi connectivity index (χ0v) is 10.9. The Morgan fingerprint density at radius 3 is 2.07 bits per heavy atom. The van der Waals surface area contributed by atoms with Crippen molar-refractivity contribution < 1.29 is 0 Å². The summed E-state index contributed by atoms with van der Waals surface area (Å²) >= 11 is 0. The second-order valence-electron chi connectivity index (χ2n) is 5.14. The molecule has 0 rings (SSSR count). The van der Waals surface area contributed by atoms with Crippen LogP contribution in [0.5, 0.6) is 0 Å². The van der Waals surface area contributed by atoms with Crippen molar-refractivity contribution in [2.24, 2.45) is 11.5 Å². The highest BCUT2D eigenvalue weighted by Crippen LogP contribution is 2.15. The lowest BCUT2D eigenvalue weighted by atomic mass is 9.92. The summed E-state index contributed by atoms with van der Waals surface area (Å²) in [4.78, 5) is 0. The number of hydrogen-bond donors (Lipinski definition) is 3. The van der Waals surface area contributed by atoms with Crippen LogP contribution >= 0.6 is 0 Å². The Hall–Kier alpha value is -0.120. The van der Waals surface area contributed by atoms with Gasteiger partial charge in [-0.25, -0.2) is 0 Å². The van der Waals surface area contributed by atoms with E-state index in [2.05, 4.69) is 33.0 Å². The molecule has 2 unspecified atom stereocenters. The Morgan fingerprint density at radius 1 is 1.07 bits per heavy atom. The largest absolute Gasteiger partial charge is 0.330 e. The van der Waals surface area contributed by atoms with Crippen molar-refractivity contribution in [2.45, 2.75) is 64.5 Å². The molecule has 3 heteroatoms. The zero-order valence-electron chi connectivity index (χ0n) is 10.9. The van der Waals surface area contributed by atoms with Crippen molar-refractivity contribution in [3.63, 3.8) is 0 Å².